The maximum absolute atomic E-state index is 13.1. The smallest absolute Gasteiger partial charge is 0.226 e. The summed E-state index contributed by atoms with van der Waals surface area (Å²) in [4.78, 5) is 13.6. The van der Waals surface area contributed by atoms with Gasteiger partial charge in [-0.2, -0.15) is 0 Å². The molecule has 17 heavy (non-hydrogen) atoms. The van der Waals surface area contributed by atoms with Gasteiger partial charge in [-0.05, 0) is 37.0 Å². The maximum Gasteiger partial charge on any atom is 0.226 e. The summed E-state index contributed by atoms with van der Waals surface area (Å²) in [7, 11) is 0. The van der Waals surface area contributed by atoms with Crippen LogP contribution in [0.4, 0.5) is 10.1 Å². The highest BCUT2D eigenvalue weighted by molar-refractivity contribution is 6.17. The molecule has 2 rings (SSSR count). The number of nitrogens with zero attached hydrogens (tertiary/aromatic N) is 1. The first kappa shape index (κ1) is 12.4. The number of carbonyl (C=O) groups is 1. The molecule has 92 valence electrons. The average molecular weight is 256 g/mol. The molecule has 0 spiro atoms. The van der Waals surface area contributed by atoms with Gasteiger partial charge in [0.05, 0.1) is 0 Å². The number of carbonyl (C=O) groups excluding carboxylic acids is 1. The first-order valence-corrected chi connectivity index (χ1v) is 6.40. The van der Waals surface area contributed by atoms with E-state index in [1.165, 1.54) is 12.1 Å². The third-order valence-corrected chi connectivity index (χ3v) is 3.29. The first-order chi connectivity index (χ1) is 8.22. The number of rotatable bonds is 4. The number of unbranched alkanes of at least 4 members (excludes halogenated alkanes) is 1. The second kappa shape index (κ2) is 5.50. The van der Waals surface area contributed by atoms with E-state index in [2.05, 4.69) is 0 Å². The van der Waals surface area contributed by atoms with E-state index in [1.807, 2.05) is 0 Å². The molecule has 0 atom stereocenters. The molecule has 0 aromatic heterocycles. The van der Waals surface area contributed by atoms with Crippen LogP contribution in [0.1, 0.15) is 24.8 Å². The van der Waals surface area contributed by atoms with Crippen LogP contribution in [0, 0.1) is 5.82 Å². The third-order valence-electron chi connectivity index (χ3n) is 3.02. The van der Waals surface area contributed by atoms with Gasteiger partial charge in [0.1, 0.15) is 5.82 Å². The minimum atomic E-state index is -0.288. The summed E-state index contributed by atoms with van der Waals surface area (Å²) in [6.07, 6.45) is 2.94. The Morgan fingerprint density at radius 1 is 1.41 bits per heavy atom. The summed E-state index contributed by atoms with van der Waals surface area (Å²) in [6, 6.07) is 4.65. The zero-order valence-corrected chi connectivity index (χ0v) is 10.3. The van der Waals surface area contributed by atoms with Crippen LogP contribution in [0.2, 0.25) is 0 Å². The molecule has 0 fully saturated rings. The van der Waals surface area contributed by atoms with Gasteiger partial charge in [0, 0.05) is 24.5 Å². The molecule has 1 aromatic carbocycles. The van der Waals surface area contributed by atoms with Crippen molar-refractivity contribution in [3.8, 4) is 0 Å². The van der Waals surface area contributed by atoms with E-state index in [0.717, 1.165) is 30.5 Å². The van der Waals surface area contributed by atoms with E-state index in [0.29, 0.717) is 18.8 Å². The number of alkyl halides is 1. The molecule has 0 N–H and O–H groups in total. The minimum absolute atomic E-state index is 0.0690. The quantitative estimate of drug-likeness (QED) is 0.598. The van der Waals surface area contributed by atoms with Crippen molar-refractivity contribution in [2.45, 2.75) is 25.7 Å². The second-order valence-corrected chi connectivity index (χ2v) is 4.59. The summed E-state index contributed by atoms with van der Waals surface area (Å²) in [5.74, 6) is 0.363. The van der Waals surface area contributed by atoms with Gasteiger partial charge in [-0.25, -0.2) is 4.39 Å². The highest BCUT2D eigenvalue weighted by Gasteiger charge is 2.24. The van der Waals surface area contributed by atoms with Crippen LogP contribution in [0.25, 0.3) is 0 Å². The minimum Gasteiger partial charge on any atom is -0.312 e. The molecule has 0 aliphatic carbocycles. The van der Waals surface area contributed by atoms with Gasteiger partial charge < -0.3 is 4.90 Å². The molecule has 1 amide bonds. The highest BCUT2D eigenvalue weighted by atomic mass is 35.5. The van der Waals surface area contributed by atoms with Crippen molar-refractivity contribution >= 4 is 23.2 Å². The molecule has 2 nitrogen and oxygen atoms in total. The Morgan fingerprint density at radius 3 is 3.00 bits per heavy atom. The zero-order chi connectivity index (χ0) is 12.3. The molecule has 4 heteroatoms. The fraction of sp³-hybridized carbons (Fsp3) is 0.462. The Balaban J connectivity index is 2.05. The van der Waals surface area contributed by atoms with Gasteiger partial charge in [-0.1, -0.05) is 6.07 Å². The van der Waals surface area contributed by atoms with Crippen LogP contribution >= 0.6 is 11.6 Å². The lowest BCUT2D eigenvalue weighted by molar-refractivity contribution is -0.118. The molecule has 0 saturated heterocycles. The molecule has 1 aliphatic rings. The average Bonchev–Trinajstić information content (AvgIpc) is 2.72. The lowest BCUT2D eigenvalue weighted by atomic mass is 10.1. The van der Waals surface area contributed by atoms with Gasteiger partial charge >= 0.3 is 0 Å². The number of benzene rings is 1. The van der Waals surface area contributed by atoms with Crippen LogP contribution in [0.3, 0.4) is 0 Å². The van der Waals surface area contributed by atoms with Crippen molar-refractivity contribution < 1.29 is 9.18 Å². The Morgan fingerprint density at radius 2 is 2.24 bits per heavy atom. The van der Waals surface area contributed by atoms with Crippen LogP contribution in [0.15, 0.2) is 18.2 Å². The predicted molar refractivity (Wildman–Crippen MR) is 67.0 cm³/mol. The van der Waals surface area contributed by atoms with Crippen molar-refractivity contribution in [3.63, 3.8) is 0 Å². The molecular weight excluding hydrogens is 241 g/mol. The first-order valence-electron chi connectivity index (χ1n) is 5.87. The highest BCUT2D eigenvalue weighted by Crippen LogP contribution is 2.29. The topological polar surface area (TPSA) is 20.3 Å². The summed E-state index contributed by atoms with van der Waals surface area (Å²) in [6.45, 7) is 0.665. The summed E-state index contributed by atoms with van der Waals surface area (Å²) >= 11 is 5.57. The fourth-order valence-electron chi connectivity index (χ4n) is 2.12. The predicted octanol–water partition coefficient (Wildman–Crippen LogP) is 3.12. The Hall–Kier alpha value is -1.09. The lowest BCUT2D eigenvalue weighted by Gasteiger charge is -2.17. The van der Waals surface area contributed by atoms with Gasteiger partial charge in [0.25, 0.3) is 0 Å². The van der Waals surface area contributed by atoms with Crippen LogP contribution in [0.5, 0.6) is 0 Å². The number of fused-ring (bicyclic) bond motifs is 1. The van der Waals surface area contributed by atoms with Gasteiger partial charge in [-0.15, -0.1) is 11.6 Å². The van der Waals surface area contributed by atoms with E-state index in [-0.39, 0.29) is 11.7 Å². The molecule has 0 bridgehead atoms. The number of anilines is 1. The summed E-state index contributed by atoms with van der Waals surface area (Å²) in [5.41, 5.74) is 1.79. The van der Waals surface area contributed by atoms with E-state index in [1.54, 1.807) is 11.0 Å². The van der Waals surface area contributed by atoms with Gasteiger partial charge in [-0.3, -0.25) is 4.79 Å². The molecule has 0 saturated carbocycles. The van der Waals surface area contributed by atoms with Crippen molar-refractivity contribution in [1.82, 2.24) is 0 Å². The maximum atomic E-state index is 13.1. The van der Waals surface area contributed by atoms with Crippen molar-refractivity contribution in [3.05, 3.63) is 29.6 Å². The Kier molecular flexibility index (Phi) is 4.00. The van der Waals surface area contributed by atoms with Crippen molar-refractivity contribution in [2.75, 3.05) is 17.3 Å². The molecule has 1 heterocycles. The van der Waals surface area contributed by atoms with E-state index < -0.39 is 0 Å². The molecule has 1 aliphatic heterocycles. The number of hydrogen-bond acceptors (Lipinski definition) is 1. The van der Waals surface area contributed by atoms with Gasteiger partial charge in [0.2, 0.25) is 5.91 Å². The lowest BCUT2D eigenvalue weighted by Crippen LogP contribution is -2.28. The molecule has 1 aromatic rings. The standard InChI is InChI=1S/C13H15ClFNO/c14-7-2-1-3-13(17)16-8-6-10-4-5-11(15)9-12(10)16/h4-5,9H,1-3,6-8H2. The molecule has 0 unspecified atom stereocenters. The summed E-state index contributed by atoms with van der Waals surface area (Å²) < 4.78 is 13.1. The molecular formula is C13H15ClFNO. The van der Waals surface area contributed by atoms with E-state index in [9.17, 15) is 9.18 Å². The van der Waals surface area contributed by atoms with Gasteiger partial charge in [0.15, 0.2) is 0 Å². The number of amides is 1. The van der Waals surface area contributed by atoms with Crippen molar-refractivity contribution in [2.24, 2.45) is 0 Å². The number of halogens is 2. The van der Waals surface area contributed by atoms with E-state index >= 15 is 0 Å². The summed E-state index contributed by atoms with van der Waals surface area (Å²) in [5, 5.41) is 0. The number of hydrogen-bond donors (Lipinski definition) is 0. The normalized spacial score (nSPS) is 13.9. The Bertz CT molecular complexity index is 422. The third kappa shape index (κ3) is 2.78. The fourth-order valence-corrected chi connectivity index (χ4v) is 2.31. The van der Waals surface area contributed by atoms with Crippen molar-refractivity contribution in [1.29, 1.82) is 0 Å². The largest absolute Gasteiger partial charge is 0.312 e. The van der Waals surface area contributed by atoms with Crippen LogP contribution in [-0.2, 0) is 11.2 Å². The monoisotopic (exact) mass is 255 g/mol. The molecule has 0 radical (unpaired) electrons. The van der Waals surface area contributed by atoms with Crippen LogP contribution < -0.4 is 4.90 Å². The Labute approximate surface area is 105 Å². The van der Waals surface area contributed by atoms with Crippen LogP contribution in [-0.4, -0.2) is 18.3 Å². The SMILES string of the molecule is O=C(CCCCCl)N1CCc2ccc(F)cc21. The zero-order valence-electron chi connectivity index (χ0n) is 9.59. The second-order valence-electron chi connectivity index (χ2n) is 4.21. The van der Waals surface area contributed by atoms with E-state index in [4.69, 9.17) is 11.6 Å².